The molecule has 54 heavy (non-hydrogen) atoms. The van der Waals surface area contributed by atoms with Crippen LogP contribution in [0.4, 0.5) is 11.5 Å². The zero-order chi connectivity index (χ0) is 39.4. The molecule has 0 aliphatic carbocycles. The minimum atomic E-state index is -1.59. The summed E-state index contributed by atoms with van der Waals surface area (Å²) in [6.07, 6.45) is 26.4. The fourth-order valence-corrected chi connectivity index (χ4v) is 7.06. The van der Waals surface area contributed by atoms with Gasteiger partial charge in [0.15, 0.2) is 12.3 Å². The summed E-state index contributed by atoms with van der Waals surface area (Å²) in [5.41, 5.74) is 3.93. The molecule has 310 valence electrons. The molecule has 3 N–H and O–H groups in total. The number of carbonyl (C=O) groups excluding carboxylic acids is 2. The fraction of sp³-hybridized carbons (Fsp3) is 0.854. The molecule has 1 saturated heterocycles. The number of aliphatic hydroxyl groups is 1. The second-order valence-corrected chi connectivity index (χ2v) is 15.1. The smallest absolute Gasteiger partial charge is 0.352 e. The van der Waals surface area contributed by atoms with Crippen LogP contribution in [0.15, 0.2) is 11.0 Å². The third-order valence-corrected chi connectivity index (χ3v) is 10.4. The molecule has 0 aromatic carbocycles. The Bertz CT molecular complexity index is 1240. The van der Waals surface area contributed by atoms with Crippen LogP contribution in [0.1, 0.15) is 200 Å². The molecule has 13 nitrogen and oxygen atoms in total. The normalized spacial score (nSPS) is 18.2. The molecule has 0 saturated carbocycles. The highest BCUT2D eigenvalue weighted by Gasteiger charge is 2.48. The van der Waals surface area contributed by atoms with Gasteiger partial charge in [-0.05, 0) is 12.8 Å². The van der Waals surface area contributed by atoms with Crippen LogP contribution in [0.5, 0.6) is 0 Å². The number of aromatic nitrogens is 2. The SMILES string of the molecule is CCCCCCCCCCCCCCCC(=O)OC[C@H]1O[C@@H](n2cc([N+](=O)[O-])c(N)nc2=O)[C@@H](O)[C@@H]1OC(=O)CCCCCCCCCCCCCCC. The topological polar surface area (TPSA) is 186 Å². The molecule has 13 heteroatoms. The summed E-state index contributed by atoms with van der Waals surface area (Å²) in [5.74, 6) is -1.57. The van der Waals surface area contributed by atoms with E-state index in [1.54, 1.807) is 0 Å². The van der Waals surface area contributed by atoms with Gasteiger partial charge in [0.25, 0.3) is 0 Å². The quantitative estimate of drug-likeness (QED) is 0.0300. The van der Waals surface area contributed by atoms with Crippen molar-refractivity contribution in [1.29, 1.82) is 0 Å². The number of hydrogen-bond acceptors (Lipinski definition) is 11. The van der Waals surface area contributed by atoms with Gasteiger partial charge in [0.05, 0.1) is 11.1 Å². The van der Waals surface area contributed by atoms with Gasteiger partial charge in [0.1, 0.15) is 18.8 Å². The van der Waals surface area contributed by atoms with E-state index in [4.69, 9.17) is 19.9 Å². The maximum Gasteiger partial charge on any atom is 0.352 e. The monoisotopic (exact) mass is 765 g/mol. The number of ether oxygens (including phenoxy) is 3. The predicted molar refractivity (Wildman–Crippen MR) is 211 cm³/mol. The zero-order valence-electron chi connectivity index (χ0n) is 33.5. The minimum Gasteiger partial charge on any atom is -0.463 e. The number of esters is 2. The Morgan fingerprint density at radius 2 is 1.17 bits per heavy atom. The maximum atomic E-state index is 12.9. The van der Waals surface area contributed by atoms with Gasteiger partial charge in [0.2, 0.25) is 5.82 Å². The molecule has 0 radical (unpaired) electrons. The van der Waals surface area contributed by atoms with Gasteiger partial charge in [-0.1, -0.05) is 168 Å². The van der Waals surface area contributed by atoms with Crippen molar-refractivity contribution < 1.29 is 33.8 Å². The van der Waals surface area contributed by atoms with Crippen LogP contribution < -0.4 is 11.4 Å². The number of anilines is 1. The van der Waals surface area contributed by atoms with E-state index in [0.717, 1.165) is 49.3 Å². The lowest BCUT2D eigenvalue weighted by Gasteiger charge is -2.21. The molecule has 0 spiro atoms. The summed E-state index contributed by atoms with van der Waals surface area (Å²) < 4.78 is 17.8. The largest absolute Gasteiger partial charge is 0.463 e. The van der Waals surface area contributed by atoms with E-state index in [2.05, 4.69) is 18.8 Å². The highest BCUT2D eigenvalue weighted by Crippen LogP contribution is 2.33. The Balaban J connectivity index is 1.79. The van der Waals surface area contributed by atoms with Crippen molar-refractivity contribution >= 4 is 23.4 Å². The molecular formula is C41H72N4O9. The number of nitrogen functional groups attached to an aromatic ring is 1. The number of carbonyl (C=O) groups is 2. The van der Waals surface area contributed by atoms with Crippen molar-refractivity contribution in [3.63, 3.8) is 0 Å². The summed E-state index contributed by atoms with van der Waals surface area (Å²) in [4.78, 5) is 52.4. The van der Waals surface area contributed by atoms with Gasteiger partial charge < -0.3 is 25.1 Å². The number of rotatable bonds is 33. The van der Waals surface area contributed by atoms with Crippen LogP contribution in [-0.2, 0) is 23.8 Å². The second kappa shape index (κ2) is 29.3. The van der Waals surface area contributed by atoms with Gasteiger partial charge in [-0.2, -0.15) is 4.98 Å². The van der Waals surface area contributed by atoms with Crippen molar-refractivity contribution in [2.24, 2.45) is 0 Å². The van der Waals surface area contributed by atoms with E-state index in [1.807, 2.05) is 0 Å². The van der Waals surface area contributed by atoms with Gasteiger partial charge >= 0.3 is 23.3 Å². The van der Waals surface area contributed by atoms with Crippen LogP contribution in [0.25, 0.3) is 0 Å². The lowest BCUT2D eigenvalue weighted by atomic mass is 10.0. The van der Waals surface area contributed by atoms with Crippen LogP contribution >= 0.6 is 0 Å². The van der Waals surface area contributed by atoms with Gasteiger partial charge in [-0.25, -0.2) is 4.79 Å². The van der Waals surface area contributed by atoms with Crippen molar-refractivity contribution in [2.45, 2.75) is 218 Å². The first kappa shape index (κ1) is 47.1. The molecule has 1 aliphatic rings. The molecule has 0 amide bonds. The number of aliphatic hydroxyl groups excluding tert-OH is 1. The number of unbranched alkanes of at least 4 members (excludes halogenated alkanes) is 24. The fourth-order valence-electron chi connectivity index (χ4n) is 7.06. The summed E-state index contributed by atoms with van der Waals surface area (Å²) >= 11 is 0. The number of nitrogens with zero attached hydrogens (tertiary/aromatic N) is 3. The van der Waals surface area contributed by atoms with Crippen molar-refractivity contribution in [3.05, 3.63) is 26.8 Å². The summed E-state index contributed by atoms with van der Waals surface area (Å²) in [6.45, 7) is 4.13. The highest BCUT2D eigenvalue weighted by atomic mass is 16.6. The Morgan fingerprint density at radius 1 is 0.759 bits per heavy atom. The van der Waals surface area contributed by atoms with Gasteiger partial charge in [0, 0.05) is 12.8 Å². The van der Waals surface area contributed by atoms with Crippen molar-refractivity contribution in [3.8, 4) is 0 Å². The molecule has 1 fully saturated rings. The minimum absolute atomic E-state index is 0.131. The molecule has 4 atom stereocenters. The molecular weight excluding hydrogens is 692 g/mol. The van der Waals surface area contributed by atoms with E-state index in [-0.39, 0.29) is 19.4 Å². The number of nitrogens with two attached hydrogens (primary N) is 1. The summed E-state index contributed by atoms with van der Waals surface area (Å²) in [6, 6.07) is 0. The van der Waals surface area contributed by atoms with Crippen molar-refractivity contribution in [2.75, 3.05) is 12.3 Å². The number of nitro groups is 1. The van der Waals surface area contributed by atoms with Crippen LogP contribution in [0.3, 0.4) is 0 Å². The lowest BCUT2D eigenvalue weighted by molar-refractivity contribution is -0.384. The Kier molecular flexibility index (Phi) is 25.5. The highest BCUT2D eigenvalue weighted by molar-refractivity contribution is 5.70. The maximum absolute atomic E-state index is 12.9. The van der Waals surface area contributed by atoms with Gasteiger partial charge in [-0.15, -0.1) is 0 Å². The summed E-state index contributed by atoms with van der Waals surface area (Å²) in [5, 5.41) is 22.7. The number of hydrogen-bond donors (Lipinski definition) is 2. The molecule has 2 rings (SSSR count). The van der Waals surface area contributed by atoms with E-state index in [0.29, 0.717) is 12.8 Å². The molecule has 0 unspecified atom stereocenters. The van der Waals surface area contributed by atoms with Gasteiger partial charge in [-0.3, -0.25) is 24.3 Å². The molecule has 1 aromatic heterocycles. The first-order chi connectivity index (χ1) is 26.2. The Morgan fingerprint density at radius 3 is 1.59 bits per heavy atom. The standard InChI is InChI=1S/C41H72N4O9/c1-3-5-7-9-11-13-15-17-19-21-23-25-27-29-35(46)52-32-34-38(37(48)40(53-34)44-31-33(45(50)51)39(42)43-41(44)49)54-36(47)30-28-26-24-22-20-18-16-14-12-10-8-6-4-2/h31,34,37-38,40,48H,3-30,32H2,1-2H3,(H2,42,43,49)/t34-,37+,38-,40-/m1/s1. The predicted octanol–water partition coefficient (Wildman–Crippen LogP) is 9.41. The Hall–Kier alpha value is -3.06. The van der Waals surface area contributed by atoms with Crippen LogP contribution in [-0.4, -0.2) is 56.4 Å². The molecule has 2 heterocycles. The molecule has 1 aliphatic heterocycles. The molecule has 0 bridgehead atoms. The first-order valence-corrected chi connectivity index (χ1v) is 21.4. The zero-order valence-corrected chi connectivity index (χ0v) is 33.5. The second-order valence-electron chi connectivity index (χ2n) is 15.1. The lowest BCUT2D eigenvalue weighted by Crippen LogP contribution is -2.40. The van der Waals surface area contributed by atoms with E-state index in [1.165, 1.54) is 116 Å². The third kappa shape index (κ3) is 19.5. The molecule has 1 aromatic rings. The average molecular weight is 765 g/mol. The van der Waals surface area contributed by atoms with E-state index in [9.17, 15) is 29.6 Å². The van der Waals surface area contributed by atoms with Crippen molar-refractivity contribution in [1.82, 2.24) is 9.55 Å². The average Bonchev–Trinajstić information content (AvgIpc) is 3.44. The third-order valence-electron chi connectivity index (χ3n) is 10.4. The van der Waals surface area contributed by atoms with E-state index >= 15 is 0 Å². The summed E-state index contributed by atoms with van der Waals surface area (Å²) in [7, 11) is 0. The Labute approximate surface area is 323 Å². The van der Waals surface area contributed by atoms with Crippen LogP contribution in [0, 0.1) is 10.1 Å². The van der Waals surface area contributed by atoms with Crippen LogP contribution in [0.2, 0.25) is 0 Å². The first-order valence-electron chi connectivity index (χ1n) is 21.4. The van der Waals surface area contributed by atoms with E-state index < -0.39 is 58.6 Å².